The lowest BCUT2D eigenvalue weighted by Gasteiger charge is -2.25. The summed E-state index contributed by atoms with van der Waals surface area (Å²) in [6.45, 7) is 2.25. The first-order chi connectivity index (χ1) is 6.08. The second kappa shape index (κ2) is 4.90. The molecule has 0 radical (unpaired) electrons. The minimum Gasteiger partial charge on any atom is -0.299 e. The van der Waals surface area contributed by atoms with Crippen LogP contribution >= 0.6 is 0 Å². The average Bonchev–Trinajstić information content (AvgIpc) is 2.04. The van der Waals surface area contributed by atoms with Crippen molar-refractivity contribution in [2.75, 3.05) is 32.6 Å². The van der Waals surface area contributed by atoms with Gasteiger partial charge in [-0.2, -0.15) is 13.5 Å². The molecule has 13 heavy (non-hydrogen) atoms. The molecule has 78 valence electrons. The lowest BCUT2D eigenvalue weighted by molar-refractivity contribution is -0.183. The van der Waals surface area contributed by atoms with Crippen molar-refractivity contribution in [2.45, 2.75) is 12.8 Å². The van der Waals surface area contributed by atoms with Gasteiger partial charge in [0.1, 0.15) is 0 Å². The van der Waals surface area contributed by atoms with Crippen LogP contribution in [0.5, 0.6) is 0 Å². The lowest BCUT2D eigenvalue weighted by Crippen LogP contribution is -2.33. The van der Waals surface area contributed by atoms with E-state index in [1.165, 1.54) is 0 Å². The monoisotopic (exact) mass is 209 g/mol. The molecule has 0 spiro atoms. The molecule has 0 aromatic rings. The molecule has 6 heteroatoms. The zero-order valence-corrected chi connectivity index (χ0v) is 8.55. The first-order valence-electron chi connectivity index (χ1n) is 4.30. The van der Waals surface area contributed by atoms with E-state index in [4.69, 9.17) is 4.84 Å². The quantitative estimate of drug-likeness (QED) is 0.609. The van der Waals surface area contributed by atoms with Crippen molar-refractivity contribution in [3.8, 4) is 0 Å². The summed E-state index contributed by atoms with van der Waals surface area (Å²) in [5.74, 6) is 0. The molecule has 0 aliphatic carbocycles. The summed E-state index contributed by atoms with van der Waals surface area (Å²) < 4.78 is 25.8. The first-order valence-corrected chi connectivity index (χ1v) is 6.12. The smallest absolute Gasteiger partial charge is 0.264 e. The molecule has 5 nitrogen and oxygen atoms in total. The van der Waals surface area contributed by atoms with E-state index < -0.39 is 10.1 Å². The lowest BCUT2D eigenvalue weighted by atomic mass is 10.3. The minimum atomic E-state index is -3.31. The molecule has 0 aromatic carbocycles. The van der Waals surface area contributed by atoms with Gasteiger partial charge in [-0.25, -0.2) is 0 Å². The van der Waals surface area contributed by atoms with Crippen LogP contribution in [0.1, 0.15) is 12.8 Å². The van der Waals surface area contributed by atoms with E-state index in [-0.39, 0.29) is 6.61 Å². The molecule has 1 aliphatic heterocycles. The highest BCUT2D eigenvalue weighted by Crippen LogP contribution is 2.04. The fourth-order valence-corrected chi connectivity index (χ4v) is 1.49. The van der Waals surface area contributed by atoms with Crippen molar-refractivity contribution in [1.82, 2.24) is 5.06 Å². The predicted molar refractivity (Wildman–Crippen MR) is 47.6 cm³/mol. The molecule has 0 atom stereocenters. The van der Waals surface area contributed by atoms with E-state index in [2.05, 4.69) is 4.18 Å². The van der Waals surface area contributed by atoms with Gasteiger partial charge >= 0.3 is 0 Å². The fraction of sp³-hybridized carbons (Fsp3) is 1.00. The molecule has 1 rings (SSSR count). The molecule has 1 aliphatic rings. The van der Waals surface area contributed by atoms with Crippen molar-refractivity contribution in [3.05, 3.63) is 0 Å². The summed E-state index contributed by atoms with van der Waals surface area (Å²) in [7, 11) is -3.31. The summed E-state index contributed by atoms with van der Waals surface area (Å²) in [6.07, 6.45) is 3.21. The van der Waals surface area contributed by atoms with E-state index in [0.29, 0.717) is 6.54 Å². The van der Waals surface area contributed by atoms with Crippen LogP contribution in [0, 0.1) is 0 Å². The highest BCUT2D eigenvalue weighted by atomic mass is 32.2. The SMILES string of the molecule is CS(=O)(=O)OCCN1CCCCO1. The molecule has 1 heterocycles. The van der Waals surface area contributed by atoms with E-state index in [9.17, 15) is 8.42 Å². The molecule has 0 bridgehead atoms. The Kier molecular flexibility index (Phi) is 4.11. The average molecular weight is 209 g/mol. The minimum absolute atomic E-state index is 0.166. The zero-order chi connectivity index (χ0) is 9.73. The third kappa shape index (κ3) is 5.20. The summed E-state index contributed by atoms with van der Waals surface area (Å²) in [4.78, 5) is 5.25. The van der Waals surface area contributed by atoms with Crippen LogP contribution in [0.15, 0.2) is 0 Å². The van der Waals surface area contributed by atoms with E-state index in [0.717, 1.165) is 32.2 Å². The maximum atomic E-state index is 10.6. The van der Waals surface area contributed by atoms with E-state index >= 15 is 0 Å². The highest BCUT2D eigenvalue weighted by molar-refractivity contribution is 7.85. The van der Waals surface area contributed by atoms with Crippen LogP contribution in [0.2, 0.25) is 0 Å². The Morgan fingerprint density at radius 3 is 2.77 bits per heavy atom. The second-order valence-corrected chi connectivity index (χ2v) is 4.64. The maximum Gasteiger partial charge on any atom is 0.264 e. The van der Waals surface area contributed by atoms with Gasteiger partial charge in [-0.1, -0.05) is 0 Å². The Morgan fingerprint density at radius 2 is 2.23 bits per heavy atom. The van der Waals surface area contributed by atoms with Gasteiger partial charge in [-0.05, 0) is 12.8 Å². The Morgan fingerprint density at radius 1 is 1.46 bits per heavy atom. The van der Waals surface area contributed by atoms with Crippen molar-refractivity contribution in [1.29, 1.82) is 0 Å². The number of hydrogen-bond acceptors (Lipinski definition) is 5. The third-order valence-electron chi connectivity index (χ3n) is 1.71. The van der Waals surface area contributed by atoms with Gasteiger partial charge in [0, 0.05) is 13.1 Å². The van der Waals surface area contributed by atoms with Crippen LogP contribution in [0.3, 0.4) is 0 Å². The first kappa shape index (κ1) is 10.9. The summed E-state index contributed by atoms with van der Waals surface area (Å²) in [5.41, 5.74) is 0. The van der Waals surface area contributed by atoms with Crippen LogP contribution in [-0.4, -0.2) is 46.0 Å². The molecule has 1 saturated heterocycles. The summed E-state index contributed by atoms with van der Waals surface area (Å²) >= 11 is 0. The Labute approximate surface area is 78.7 Å². The van der Waals surface area contributed by atoms with Crippen molar-refractivity contribution < 1.29 is 17.4 Å². The Hall–Kier alpha value is -0.170. The summed E-state index contributed by atoms with van der Waals surface area (Å²) in [6, 6.07) is 0. The van der Waals surface area contributed by atoms with Gasteiger partial charge in [-0.3, -0.25) is 9.02 Å². The zero-order valence-electron chi connectivity index (χ0n) is 7.73. The summed E-state index contributed by atoms with van der Waals surface area (Å²) in [5, 5.41) is 1.74. The Balaban J connectivity index is 2.11. The molecular formula is C7H15NO4S. The number of hydroxylamine groups is 2. The molecule has 0 saturated carbocycles. The van der Waals surface area contributed by atoms with Gasteiger partial charge in [0.2, 0.25) is 0 Å². The topological polar surface area (TPSA) is 55.8 Å². The van der Waals surface area contributed by atoms with Gasteiger partial charge in [0.15, 0.2) is 0 Å². The van der Waals surface area contributed by atoms with Gasteiger partial charge < -0.3 is 0 Å². The molecule has 1 fully saturated rings. The fourth-order valence-electron chi connectivity index (χ4n) is 1.12. The largest absolute Gasteiger partial charge is 0.299 e. The van der Waals surface area contributed by atoms with Crippen LogP contribution < -0.4 is 0 Å². The van der Waals surface area contributed by atoms with Crippen LogP contribution in [-0.2, 0) is 19.1 Å². The molecule has 0 aromatic heterocycles. The molecule has 0 N–H and O–H groups in total. The second-order valence-electron chi connectivity index (χ2n) is 3.00. The standard InChI is InChI=1S/C7H15NO4S/c1-13(9,10)12-7-5-8-4-2-3-6-11-8/h2-7H2,1H3. The van der Waals surface area contributed by atoms with E-state index in [1.54, 1.807) is 5.06 Å². The molecule has 0 unspecified atom stereocenters. The number of rotatable bonds is 4. The highest BCUT2D eigenvalue weighted by Gasteiger charge is 2.11. The Bertz CT molecular complexity index is 233. The van der Waals surface area contributed by atoms with Gasteiger partial charge in [0.25, 0.3) is 10.1 Å². The number of hydrogen-bond donors (Lipinski definition) is 0. The van der Waals surface area contributed by atoms with Crippen molar-refractivity contribution >= 4 is 10.1 Å². The van der Waals surface area contributed by atoms with Gasteiger partial charge in [-0.15, -0.1) is 0 Å². The third-order valence-corrected chi connectivity index (χ3v) is 2.31. The van der Waals surface area contributed by atoms with Gasteiger partial charge in [0.05, 0.1) is 19.5 Å². The molecule has 0 amide bonds. The van der Waals surface area contributed by atoms with Crippen molar-refractivity contribution in [2.24, 2.45) is 0 Å². The van der Waals surface area contributed by atoms with Crippen LogP contribution in [0.25, 0.3) is 0 Å². The maximum absolute atomic E-state index is 10.6. The van der Waals surface area contributed by atoms with Crippen LogP contribution in [0.4, 0.5) is 0 Å². The van der Waals surface area contributed by atoms with E-state index in [1.807, 2.05) is 0 Å². The molecular weight excluding hydrogens is 194 g/mol. The van der Waals surface area contributed by atoms with Crippen molar-refractivity contribution in [3.63, 3.8) is 0 Å². The normalized spacial score (nSPS) is 20.4. The number of nitrogens with zero attached hydrogens (tertiary/aromatic N) is 1. The predicted octanol–water partition coefficient (Wildman–Crippen LogP) is -0.0100.